The Morgan fingerprint density at radius 2 is 2.06 bits per heavy atom. The molecule has 0 aliphatic rings. The average molecular weight is 266 g/mol. The molecule has 1 aromatic heterocycles. The molecule has 0 spiro atoms. The third-order valence-electron chi connectivity index (χ3n) is 2.07. The summed E-state index contributed by atoms with van der Waals surface area (Å²) in [5.41, 5.74) is 0. The van der Waals surface area contributed by atoms with Gasteiger partial charge in [0.25, 0.3) is 0 Å². The van der Waals surface area contributed by atoms with Crippen molar-refractivity contribution < 1.29 is 22.6 Å². The van der Waals surface area contributed by atoms with Crippen LogP contribution in [-0.2, 0) is 4.74 Å². The summed E-state index contributed by atoms with van der Waals surface area (Å²) in [5, 5.41) is 4.07. The second kappa shape index (κ2) is 6.63. The zero-order valence-corrected chi connectivity index (χ0v) is 10.4. The van der Waals surface area contributed by atoms with Crippen molar-refractivity contribution in [2.24, 2.45) is 0 Å². The molecule has 0 amide bonds. The van der Waals surface area contributed by atoms with Gasteiger partial charge < -0.3 is 9.47 Å². The highest BCUT2D eigenvalue weighted by atomic mass is 19.4. The van der Waals surface area contributed by atoms with E-state index in [9.17, 15) is 13.2 Å². The average Bonchev–Trinajstić information content (AvgIpc) is 2.70. The topological polar surface area (TPSA) is 36.3 Å². The standard InChI is InChI=1S/C11H17F3N2O2/c1-9(2)16-7-10(6-15-16)18-5-3-4-17-8-11(12,13)14/h6-7,9H,3-5,8H2,1-2H3. The van der Waals surface area contributed by atoms with Crippen molar-refractivity contribution in [2.45, 2.75) is 32.5 Å². The molecule has 0 aliphatic heterocycles. The first kappa shape index (κ1) is 14.8. The highest BCUT2D eigenvalue weighted by Gasteiger charge is 2.27. The van der Waals surface area contributed by atoms with Crippen LogP contribution in [0.15, 0.2) is 12.4 Å². The van der Waals surface area contributed by atoms with Gasteiger partial charge in [-0.3, -0.25) is 4.68 Å². The second-order valence-electron chi connectivity index (χ2n) is 4.12. The maximum absolute atomic E-state index is 11.7. The van der Waals surface area contributed by atoms with Crippen LogP contribution in [-0.4, -0.2) is 35.8 Å². The van der Waals surface area contributed by atoms with Crippen LogP contribution in [0.1, 0.15) is 26.3 Å². The Labute approximate surface area is 104 Å². The number of alkyl halides is 3. The molecule has 7 heteroatoms. The molecule has 104 valence electrons. The quantitative estimate of drug-likeness (QED) is 0.712. The van der Waals surface area contributed by atoms with Crippen molar-refractivity contribution in [3.63, 3.8) is 0 Å². The summed E-state index contributed by atoms with van der Waals surface area (Å²) in [5.74, 6) is 0.611. The minimum atomic E-state index is -4.26. The van der Waals surface area contributed by atoms with Gasteiger partial charge in [0.15, 0.2) is 5.75 Å². The number of rotatable bonds is 7. The van der Waals surface area contributed by atoms with Gasteiger partial charge in [-0.15, -0.1) is 0 Å². The molecule has 0 fully saturated rings. The Morgan fingerprint density at radius 3 is 2.61 bits per heavy atom. The van der Waals surface area contributed by atoms with Crippen molar-refractivity contribution in [3.8, 4) is 5.75 Å². The summed E-state index contributed by atoms with van der Waals surface area (Å²) < 4.78 is 46.7. The minimum Gasteiger partial charge on any atom is -0.490 e. The highest BCUT2D eigenvalue weighted by molar-refractivity contribution is 5.11. The first-order chi connectivity index (χ1) is 8.38. The molecule has 0 N–H and O–H groups in total. The van der Waals surface area contributed by atoms with E-state index in [-0.39, 0.29) is 12.6 Å². The zero-order chi connectivity index (χ0) is 13.6. The fourth-order valence-electron chi connectivity index (χ4n) is 1.22. The Bertz CT molecular complexity index is 350. The molecular weight excluding hydrogens is 249 g/mol. The number of hydrogen-bond donors (Lipinski definition) is 0. The SMILES string of the molecule is CC(C)n1cc(OCCCOCC(F)(F)F)cn1. The minimum absolute atomic E-state index is 0.0256. The Kier molecular flexibility index (Phi) is 5.46. The third-order valence-corrected chi connectivity index (χ3v) is 2.07. The molecule has 1 aromatic rings. The van der Waals surface area contributed by atoms with Gasteiger partial charge in [-0.2, -0.15) is 18.3 Å². The molecule has 18 heavy (non-hydrogen) atoms. The number of nitrogens with zero attached hydrogens (tertiary/aromatic N) is 2. The summed E-state index contributed by atoms with van der Waals surface area (Å²) in [4.78, 5) is 0. The Hall–Kier alpha value is -1.24. The predicted octanol–water partition coefficient (Wildman–Crippen LogP) is 2.81. The number of aromatic nitrogens is 2. The molecule has 0 saturated carbocycles. The van der Waals surface area contributed by atoms with Crippen molar-refractivity contribution in [3.05, 3.63) is 12.4 Å². The van der Waals surface area contributed by atoms with Gasteiger partial charge >= 0.3 is 6.18 Å². The largest absolute Gasteiger partial charge is 0.490 e. The number of ether oxygens (including phenoxy) is 2. The first-order valence-corrected chi connectivity index (χ1v) is 5.70. The predicted molar refractivity (Wildman–Crippen MR) is 59.6 cm³/mol. The number of halogens is 3. The van der Waals surface area contributed by atoms with Gasteiger partial charge in [-0.25, -0.2) is 0 Å². The van der Waals surface area contributed by atoms with Crippen LogP contribution in [0.5, 0.6) is 5.75 Å². The van der Waals surface area contributed by atoms with Crippen LogP contribution >= 0.6 is 0 Å². The van der Waals surface area contributed by atoms with E-state index in [0.717, 1.165) is 0 Å². The van der Waals surface area contributed by atoms with E-state index in [2.05, 4.69) is 9.84 Å². The molecule has 0 bridgehead atoms. The van der Waals surface area contributed by atoms with Crippen LogP contribution in [0.3, 0.4) is 0 Å². The van der Waals surface area contributed by atoms with Crippen molar-refractivity contribution >= 4 is 0 Å². The molecule has 1 rings (SSSR count). The molecule has 0 radical (unpaired) electrons. The van der Waals surface area contributed by atoms with E-state index >= 15 is 0 Å². The summed E-state index contributed by atoms with van der Waals surface area (Å²) in [7, 11) is 0. The van der Waals surface area contributed by atoms with E-state index in [1.54, 1.807) is 17.1 Å². The lowest BCUT2D eigenvalue weighted by Gasteiger charge is -2.07. The van der Waals surface area contributed by atoms with Gasteiger partial charge in [-0.1, -0.05) is 0 Å². The fourth-order valence-corrected chi connectivity index (χ4v) is 1.22. The fraction of sp³-hybridized carbons (Fsp3) is 0.727. The van der Waals surface area contributed by atoms with E-state index in [4.69, 9.17) is 4.74 Å². The van der Waals surface area contributed by atoms with E-state index in [1.165, 1.54) is 0 Å². The lowest BCUT2D eigenvalue weighted by molar-refractivity contribution is -0.174. The molecule has 0 saturated heterocycles. The maximum Gasteiger partial charge on any atom is 0.411 e. The monoisotopic (exact) mass is 266 g/mol. The highest BCUT2D eigenvalue weighted by Crippen LogP contribution is 2.15. The van der Waals surface area contributed by atoms with Gasteiger partial charge in [0.1, 0.15) is 6.61 Å². The molecule has 4 nitrogen and oxygen atoms in total. The summed E-state index contributed by atoms with van der Waals surface area (Å²) in [6, 6.07) is 0.248. The Balaban J connectivity index is 2.10. The van der Waals surface area contributed by atoms with Gasteiger partial charge in [-0.05, 0) is 13.8 Å². The summed E-state index contributed by atoms with van der Waals surface area (Å²) in [6.45, 7) is 3.10. The molecular formula is C11H17F3N2O2. The maximum atomic E-state index is 11.7. The van der Waals surface area contributed by atoms with Crippen molar-refractivity contribution in [1.29, 1.82) is 0 Å². The van der Waals surface area contributed by atoms with Crippen LogP contribution in [0, 0.1) is 0 Å². The smallest absolute Gasteiger partial charge is 0.411 e. The van der Waals surface area contributed by atoms with Crippen LogP contribution < -0.4 is 4.74 Å². The third kappa shape index (κ3) is 5.90. The van der Waals surface area contributed by atoms with Crippen LogP contribution in [0.25, 0.3) is 0 Å². The lowest BCUT2D eigenvalue weighted by Crippen LogP contribution is -2.18. The van der Waals surface area contributed by atoms with Crippen molar-refractivity contribution in [2.75, 3.05) is 19.8 Å². The molecule has 0 atom stereocenters. The molecule has 0 aromatic carbocycles. The summed E-state index contributed by atoms with van der Waals surface area (Å²) >= 11 is 0. The van der Waals surface area contributed by atoms with Gasteiger partial charge in [0.05, 0.1) is 25.6 Å². The zero-order valence-electron chi connectivity index (χ0n) is 10.4. The molecule has 0 unspecified atom stereocenters. The van der Waals surface area contributed by atoms with Crippen LogP contribution in [0.4, 0.5) is 13.2 Å². The second-order valence-corrected chi connectivity index (χ2v) is 4.12. The van der Waals surface area contributed by atoms with Gasteiger partial charge in [0, 0.05) is 12.5 Å². The summed E-state index contributed by atoms with van der Waals surface area (Å²) in [6.07, 6.45) is -0.528. The van der Waals surface area contributed by atoms with Gasteiger partial charge in [0.2, 0.25) is 0 Å². The van der Waals surface area contributed by atoms with Crippen LogP contribution in [0.2, 0.25) is 0 Å². The normalized spacial score (nSPS) is 12.1. The van der Waals surface area contributed by atoms with E-state index < -0.39 is 12.8 Å². The molecule has 1 heterocycles. The van der Waals surface area contributed by atoms with E-state index in [1.807, 2.05) is 13.8 Å². The Morgan fingerprint density at radius 1 is 1.33 bits per heavy atom. The lowest BCUT2D eigenvalue weighted by atomic mass is 10.4. The molecule has 0 aliphatic carbocycles. The number of hydrogen-bond acceptors (Lipinski definition) is 3. The van der Waals surface area contributed by atoms with Crippen molar-refractivity contribution in [1.82, 2.24) is 9.78 Å². The first-order valence-electron chi connectivity index (χ1n) is 5.70. The van der Waals surface area contributed by atoms with E-state index in [0.29, 0.717) is 18.8 Å².